The Labute approximate surface area is 122 Å². The van der Waals surface area contributed by atoms with Crippen LogP contribution >= 0.6 is 0 Å². The Balaban J connectivity index is 2.58. The summed E-state index contributed by atoms with van der Waals surface area (Å²) in [6, 6.07) is 0. The highest BCUT2D eigenvalue weighted by molar-refractivity contribution is 7.88. The lowest BCUT2D eigenvalue weighted by Gasteiger charge is -2.35. The molecule has 1 fully saturated rings. The van der Waals surface area contributed by atoms with E-state index in [0.717, 1.165) is 25.9 Å². The molecule has 0 atom stereocenters. The molecule has 1 heterocycles. The summed E-state index contributed by atoms with van der Waals surface area (Å²) in [5.74, 6) is 0.112. The maximum Gasteiger partial charge on any atom is 0.237 e. The van der Waals surface area contributed by atoms with E-state index >= 15 is 0 Å². The predicted molar refractivity (Wildman–Crippen MR) is 79.9 cm³/mol. The average Bonchev–Trinajstić information content (AvgIpc) is 2.36. The van der Waals surface area contributed by atoms with Gasteiger partial charge in [-0.2, -0.15) is 4.31 Å². The van der Waals surface area contributed by atoms with Crippen molar-refractivity contribution in [1.29, 1.82) is 0 Å². The van der Waals surface area contributed by atoms with Crippen molar-refractivity contribution >= 4 is 15.9 Å². The lowest BCUT2D eigenvalue weighted by atomic mass is 10.2. The Bertz CT molecular complexity index is 415. The number of sulfonamides is 1. The van der Waals surface area contributed by atoms with Crippen LogP contribution in [0.2, 0.25) is 0 Å². The summed E-state index contributed by atoms with van der Waals surface area (Å²) in [5.41, 5.74) is 0. The Morgan fingerprint density at radius 3 is 2.15 bits per heavy atom. The van der Waals surface area contributed by atoms with Crippen molar-refractivity contribution in [3.05, 3.63) is 0 Å². The molecule has 0 unspecified atom stereocenters. The number of carbonyl (C=O) groups excluding carboxylic acids is 1. The van der Waals surface area contributed by atoms with Gasteiger partial charge in [-0.1, -0.05) is 20.8 Å². The number of hydrogen-bond donors (Lipinski definition) is 0. The molecule has 0 saturated carbocycles. The second-order valence-electron chi connectivity index (χ2n) is 5.76. The zero-order valence-electron chi connectivity index (χ0n) is 13.0. The first-order chi connectivity index (χ1) is 9.24. The topological polar surface area (TPSA) is 60.9 Å². The van der Waals surface area contributed by atoms with E-state index in [1.54, 1.807) is 4.90 Å². The summed E-state index contributed by atoms with van der Waals surface area (Å²) in [6.45, 7) is 10.4. The van der Waals surface area contributed by atoms with Gasteiger partial charge in [0.2, 0.25) is 15.9 Å². The quantitative estimate of drug-likeness (QED) is 0.697. The van der Waals surface area contributed by atoms with Crippen molar-refractivity contribution < 1.29 is 13.2 Å². The number of carbonyl (C=O) groups is 1. The minimum absolute atomic E-state index is 0.0386. The summed E-state index contributed by atoms with van der Waals surface area (Å²) in [4.78, 5) is 16.3. The minimum atomic E-state index is -3.33. The highest BCUT2D eigenvalue weighted by Gasteiger charge is 2.26. The zero-order valence-corrected chi connectivity index (χ0v) is 13.8. The fraction of sp³-hybridized carbons (Fsp3) is 0.923. The highest BCUT2D eigenvalue weighted by atomic mass is 32.2. The zero-order chi connectivity index (χ0) is 15.3. The molecule has 0 aromatic heterocycles. The maximum atomic E-state index is 12.2. The molecule has 1 amide bonds. The molecule has 0 bridgehead atoms. The summed E-state index contributed by atoms with van der Waals surface area (Å²) in [7, 11) is -3.33. The third-order valence-electron chi connectivity index (χ3n) is 3.52. The molecule has 0 N–H and O–H groups in total. The molecule has 7 heteroatoms. The van der Waals surface area contributed by atoms with Crippen molar-refractivity contribution in [2.75, 3.05) is 52.1 Å². The van der Waals surface area contributed by atoms with Gasteiger partial charge in [0.25, 0.3) is 0 Å². The van der Waals surface area contributed by atoms with Crippen LogP contribution in [0.4, 0.5) is 0 Å². The molecular formula is C13H27N3O3S. The predicted octanol–water partition coefficient (Wildman–Crippen LogP) is 0.0681. The molecule has 0 aromatic carbocycles. The lowest BCUT2D eigenvalue weighted by Crippen LogP contribution is -2.51. The smallest absolute Gasteiger partial charge is 0.237 e. The van der Waals surface area contributed by atoms with Crippen LogP contribution in [-0.4, -0.2) is 80.5 Å². The second kappa shape index (κ2) is 7.38. The van der Waals surface area contributed by atoms with Gasteiger partial charge in [-0.25, -0.2) is 8.42 Å². The monoisotopic (exact) mass is 305 g/mol. The van der Waals surface area contributed by atoms with Crippen molar-refractivity contribution in [2.45, 2.75) is 20.8 Å². The van der Waals surface area contributed by atoms with Crippen LogP contribution in [0.25, 0.3) is 0 Å². The fourth-order valence-corrected chi connectivity index (χ4v) is 3.20. The first-order valence-electron chi connectivity index (χ1n) is 7.19. The van der Waals surface area contributed by atoms with Crippen LogP contribution in [-0.2, 0) is 14.8 Å². The van der Waals surface area contributed by atoms with E-state index in [1.165, 1.54) is 4.31 Å². The lowest BCUT2D eigenvalue weighted by molar-refractivity contribution is -0.133. The summed E-state index contributed by atoms with van der Waals surface area (Å²) < 4.78 is 24.7. The van der Waals surface area contributed by atoms with E-state index < -0.39 is 10.0 Å². The standard InChI is InChI=1S/C13H27N3O3S/c1-5-14-6-8-15(9-7-14)13(17)11-16(10-12(2)3)20(4,18)19/h12H,5-11H2,1-4H3. The van der Waals surface area contributed by atoms with Gasteiger partial charge < -0.3 is 9.80 Å². The molecule has 6 nitrogen and oxygen atoms in total. The molecule has 0 aliphatic carbocycles. The minimum Gasteiger partial charge on any atom is -0.339 e. The van der Waals surface area contributed by atoms with Crippen LogP contribution in [0.15, 0.2) is 0 Å². The third-order valence-corrected chi connectivity index (χ3v) is 4.74. The van der Waals surface area contributed by atoms with E-state index in [1.807, 2.05) is 13.8 Å². The molecule has 1 rings (SSSR count). The molecule has 0 spiro atoms. The van der Waals surface area contributed by atoms with Gasteiger partial charge in [-0.05, 0) is 12.5 Å². The van der Waals surface area contributed by atoms with Crippen LogP contribution in [0, 0.1) is 5.92 Å². The maximum absolute atomic E-state index is 12.2. The van der Waals surface area contributed by atoms with Crippen LogP contribution < -0.4 is 0 Å². The molecule has 0 aromatic rings. The highest BCUT2D eigenvalue weighted by Crippen LogP contribution is 2.07. The molecule has 1 aliphatic rings. The first kappa shape index (κ1) is 17.4. The van der Waals surface area contributed by atoms with Gasteiger partial charge in [0.1, 0.15) is 0 Å². The number of likely N-dealkylation sites (N-methyl/N-ethyl adjacent to an activating group) is 1. The Morgan fingerprint density at radius 1 is 1.20 bits per heavy atom. The molecule has 1 saturated heterocycles. The number of rotatable bonds is 6. The van der Waals surface area contributed by atoms with Crippen molar-refractivity contribution in [3.8, 4) is 0 Å². The molecule has 20 heavy (non-hydrogen) atoms. The molecule has 1 aliphatic heterocycles. The summed E-state index contributed by atoms with van der Waals surface area (Å²) in [5, 5.41) is 0. The van der Waals surface area contributed by atoms with E-state index in [0.29, 0.717) is 19.6 Å². The van der Waals surface area contributed by atoms with Crippen LogP contribution in [0.1, 0.15) is 20.8 Å². The summed E-state index contributed by atoms with van der Waals surface area (Å²) in [6.07, 6.45) is 1.16. The van der Waals surface area contributed by atoms with Gasteiger partial charge in [-0.3, -0.25) is 4.79 Å². The van der Waals surface area contributed by atoms with Gasteiger partial charge in [0.15, 0.2) is 0 Å². The molecule has 0 radical (unpaired) electrons. The number of amides is 1. The fourth-order valence-electron chi connectivity index (χ4n) is 2.29. The van der Waals surface area contributed by atoms with E-state index in [4.69, 9.17) is 0 Å². The Morgan fingerprint density at radius 2 is 1.75 bits per heavy atom. The Hall–Kier alpha value is -0.660. The van der Waals surface area contributed by atoms with Crippen molar-refractivity contribution in [2.24, 2.45) is 5.92 Å². The average molecular weight is 305 g/mol. The number of nitrogens with zero attached hydrogens (tertiary/aromatic N) is 3. The number of piperazine rings is 1. The van der Waals surface area contributed by atoms with Gasteiger partial charge in [0, 0.05) is 32.7 Å². The van der Waals surface area contributed by atoms with Gasteiger partial charge >= 0.3 is 0 Å². The largest absolute Gasteiger partial charge is 0.339 e. The summed E-state index contributed by atoms with van der Waals surface area (Å²) >= 11 is 0. The normalized spacial score (nSPS) is 18.0. The Kier molecular flexibility index (Phi) is 6.42. The van der Waals surface area contributed by atoms with Crippen LogP contribution in [0.3, 0.4) is 0 Å². The van der Waals surface area contributed by atoms with E-state index in [2.05, 4.69) is 11.8 Å². The van der Waals surface area contributed by atoms with E-state index in [-0.39, 0.29) is 18.4 Å². The van der Waals surface area contributed by atoms with Crippen LogP contribution in [0.5, 0.6) is 0 Å². The van der Waals surface area contributed by atoms with Gasteiger partial charge in [-0.15, -0.1) is 0 Å². The van der Waals surface area contributed by atoms with E-state index in [9.17, 15) is 13.2 Å². The van der Waals surface area contributed by atoms with Gasteiger partial charge in [0.05, 0.1) is 12.8 Å². The third kappa shape index (κ3) is 5.38. The van der Waals surface area contributed by atoms with Crippen molar-refractivity contribution in [3.63, 3.8) is 0 Å². The molecule has 118 valence electrons. The number of hydrogen-bond acceptors (Lipinski definition) is 4. The first-order valence-corrected chi connectivity index (χ1v) is 9.04. The van der Waals surface area contributed by atoms with Crippen molar-refractivity contribution in [1.82, 2.24) is 14.1 Å². The SMILES string of the molecule is CCN1CCN(C(=O)CN(CC(C)C)S(C)(=O)=O)CC1. The molecular weight excluding hydrogens is 278 g/mol. The second-order valence-corrected chi connectivity index (χ2v) is 7.75.